The van der Waals surface area contributed by atoms with Crippen molar-refractivity contribution in [1.29, 1.82) is 0 Å². The number of hydrogen-bond donors (Lipinski definition) is 2. The van der Waals surface area contributed by atoms with E-state index < -0.39 is 5.41 Å². The van der Waals surface area contributed by atoms with E-state index in [4.69, 9.17) is 4.74 Å². The van der Waals surface area contributed by atoms with Gasteiger partial charge in [0.1, 0.15) is 5.75 Å². The molecular weight excluding hydrogens is 360 g/mol. The Morgan fingerprint density at radius 3 is 2.72 bits per heavy atom. The summed E-state index contributed by atoms with van der Waals surface area (Å²) < 4.78 is 5.83. The fourth-order valence-electron chi connectivity index (χ4n) is 4.62. The molecule has 0 saturated heterocycles. The van der Waals surface area contributed by atoms with Crippen molar-refractivity contribution in [2.24, 2.45) is 5.41 Å². The maximum atomic E-state index is 13.2. The Kier molecular flexibility index (Phi) is 4.16. The van der Waals surface area contributed by atoms with Gasteiger partial charge in [-0.2, -0.15) is 0 Å². The van der Waals surface area contributed by atoms with E-state index in [2.05, 4.69) is 61.7 Å². The number of ether oxygens (including phenoxy) is 1. The third-order valence-corrected chi connectivity index (χ3v) is 6.81. The Labute approximate surface area is 173 Å². The van der Waals surface area contributed by atoms with Crippen LogP contribution >= 0.6 is 0 Å². The molecule has 2 heterocycles. The average Bonchev–Trinajstić information content (AvgIpc) is 3.40. The zero-order valence-corrected chi connectivity index (χ0v) is 17.6. The molecule has 1 amide bonds. The summed E-state index contributed by atoms with van der Waals surface area (Å²) in [4.78, 5) is 13.2. The van der Waals surface area contributed by atoms with Crippen molar-refractivity contribution in [2.75, 3.05) is 17.2 Å². The highest BCUT2D eigenvalue weighted by Gasteiger charge is 2.51. The number of aryl methyl sites for hydroxylation is 1. The number of benzene rings is 2. The van der Waals surface area contributed by atoms with Crippen molar-refractivity contribution in [2.45, 2.75) is 64.3 Å². The number of amides is 1. The molecular formula is C25H30N2O2. The fraction of sp³-hybridized carbons (Fsp3) is 0.480. The van der Waals surface area contributed by atoms with Gasteiger partial charge in [0.2, 0.25) is 5.91 Å². The van der Waals surface area contributed by atoms with E-state index in [0.29, 0.717) is 6.04 Å². The second kappa shape index (κ2) is 6.51. The minimum atomic E-state index is -0.402. The number of rotatable bonds is 3. The van der Waals surface area contributed by atoms with Crippen LogP contribution in [0, 0.1) is 5.41 Å². The van der Waals surface area contributed by atoms with Crippen molar-refractivity contribution >= 4 is 17.3 Å². The first-order valence-electron chi connectivity index (χ1n) is 10.8. The van der Waals surface area contributed by atoms with Crippen LogP contribution in [0.25, 0.3) is 0 Å². The summed E-state index contributed by atoms with van der Waals surface area (Å²) in [5.41, 5.74) is 5.52. The molecule has 1 fully saturated rings. The SMILES string of the molecule is CC(C)(C)C1Cc2cc(NC(=O)C3(c4ccc5c(c4)OCCC5)CC3)ccc2N1. The van der Waals surface area contributed by atoms with Crippen LogP contribution < -0.4 is 15.4 Å². The molecule has 1 unspecified atom stereocenters. The van der Waals surface area contributed by atoms with Crippen LogP contribution in [0.1, 0.15) is 56.7 Å². The molecule has 29 heavy (non-hydrogen) atoms. The molecule has 4 nitrogen and oxygen atoms in total. The first kappa shape index (κ1) is 18.5. The lowest BCUT2D eigenvalue weighted by molar-refractivity contribution is -0.118. The van der Waals surface area contributed by atoms with E-state index in [1.165, 1.54) is 16.8 Å². The summed E-state index contributed by atoms with van der Waals surface area (Å²) >= 11 is 0. The number of nitrogens with one attached hydrogen (secondary N) is 2. The van der Waals surface area contributed by atoms with Crippen LogP contribution in [-0.2, 0) is 23.1 Å². The number of fused-ring (bicyclic) bond motifs is 2. The van der Waals surface area contributed by atoms with Crippen LogP contribution in [-0.4, -0.2) is 18.6 Å². The van der Waals surface area contributed by atoms with E-state index >= 15 is 0 Å². The predicted molar refractivity (Wildman–Crippen MR) is 117 cm³/mol. The van der Waals surface area contributed by atoms with E-state index in [9.17, 15) is 4.79 Å². The van der Waals surface area contributed by atoms with Gasteiger partial charge in [-0.3, -0.25) is 4.79 Å². The Hall–Kier alpha value is -2.49. The van der Waals surface area contributed by atoms with Crippen molar-refractivity contribution in [3.63, 3.8) is 0 Å². The molecule has 152 valence electrons. The molecule has 1 aliphatic carbocycles. The predicted octanol–water partition coefficient (Wildman–Crippen LogP) is 5.06. The largest absolute Gasteiger partial charge is 0.493 e. The molecule has 5 rings (SSSR count). The van der Waals surface area contributed by atoms with Crippen molar-refractivity contribution in [3.8, 4) is 5.75 Å². The first-order valence-corrected chi connectivity index (χ1v) is 10.8. The highest BCUT2D eigenvalue weighted by atomic mass is 16.5. The molecule has 2 aliphatic heterocycles. The molecule has 0 spiro atoms. The Balaban J connectivity index is 1.34. The third-order valence-electron chi connectivity index (χ3n) is 6.81. The summed E-state index contributed by atoms with van der Waals surface area (Å²) in [6.45, 7) is 7.56. The van der Waals surface area contributed by atoms with Gasteiger partial charge in [0.25, 0.3) is 0 Å². The van der Waals surface area contributed by atoms with E-state index in [0.717, 1.165) is 55.7 Å². The number of carbonyl (C=O) groups excluding carboxylic acids is 1. The van der Waals surface area contributed by atoms with E-state index in [1.807, 2.05) is 6.07 Å². The lowest BCUT2D eigenvalue weighted by atomic mass is 9.85. The van der Waals surface area contributed by atoms with Gasteiger partial charge in [0, 0.05) is 17.4 Å². The van der Waals surface area contributed by atoms with Gasteiger partial charge in [-0.25, -0.2) is 0 Å². The minimum Gasteiger partial charge on any atom is -0.493 e. The molecule has 0 radical (unpaired) electrons. The van der Waals surface area contributed by atoms with E-state index in [1.54, 1.807) is 0 Å². The van der Waals surface area contributed by atoms with Gasteiger partial charge in [-0.15, -0.1) is 0 Å². The van der Waals surface area contributed by atoms with Gasteiger partial charge < -0.3 is 15.4 Å². The highest BCUT2D eigenvalue weighted by molar-refractivity contribution is 6.01. The van der Waals surface area contributed by atoms with Gasteiger partial charge in [0.15, 0.2) is 0 Å². The summed E-state index contributed by atoms with van der Waals surface area (Å²) in [6, 6.07) is 13.0. The zero-order valence-electron chi connectivity index (χ0n) is 17.6. The Bertz CT molecular complexity index is 969. The van der Waals surface area contributed by atoms with Crippen LogP contribution in [0.4, 0.5) is 11.4 Å². The average molecular weight is 391 g/mol. The van der Waals surface area contributed by atoms with Crippen LogP contribution in [0.3, 0.4) is 0 Å². The smallest absolute Gasteiger partial charge is 0.235 e. The second-order valence-electron chi connectivity index (χ2n) is 9.95. The lowest BCUT2D eigenvalue weighted by Crippen LogP contribution is -2.31. The van der Waals surface area contributed by atoms with Gasteiger partial charge >= 0.3 is 0 Å². The van der Waals surface area contributed by atoms with Gasteiger partial charge in [-0.1, -0.05) is 32.9 Å². The first-order chi connectivity index (χ1) is 13.8. The maximum absolute atomic E-state index is 13.2. The topological polar surface area (TPSA) is 50.4 Å². The quantitative estimate of drug-likeness (QED) is 0.770. The summed E-state index contributed by atoms with van der Waals surface area (Å²) in [5, 5.41) is 6.82. The molecule has 0 bridgehead atoms. The molecule has 4 heteroatoms. The number of carbonyl (C=O) groups is 1. The maximum Gasteiger partial charge on any atom is 0.235 e. The van der Waals surface area contributed by atoms with Gasteiger partial charge in [-0.05, 0) is 78.5 Å². The van der Waals surface area contributed by atoms with Crippen LogP contribution in [0.5, 0.6) is 5.75 Å². The molecule has 2 aromatic carbocycles. The van der Waals surface area contributed by atoms with E-state index in [-0.39, 0.29) is 11.3 Å². The standard InChI is InChI=1S/C25H30N2O2/c1-24(2,3)22-14-17-13-19(8-9-20(17)27-22)26-23(28)25(10-11-25)18-7-6-16-5-4-12-29-21(16)15-18/h6-9,13,15,22,27H,4-5,10-12,14H2,1-3H3,(H,26,28). The van der Waals surface area contributed by atoms with Crippen molar-refractivity contribution in [1.82, 2.24) is 0 Å². The summed E-state index contributed by atoms with van der Waals surface area (Å²) in [6.07, 6.45) is 4.93. The monoisotopic (exact) mass is 390 g/mol. The van der Waals surface area contributed by atoms with Crippen molar-refractivity contribution in [3.05, 3.63) is 53.1 Å². The fourth-order valence-corrected chi connectivity index (χ4v) is 4.62. The highest BCUT2D eigenvalue weighted by Crippen LogP contribution is 2.50. The Morgan fingerprint density at radius 2 is 1.97 bits per heavy atom. The van der Waals surface area contributed by atoms with Crippen molar-refractivity contribution < 1.29 is 9.53 Å². The Morgan fingerprint density at radius 1 is 1.14 bits per heavy atom. The molecule has 0 aromatic heterocycles. The molecule has 3 aliphatic rings. The van der Waals surface area contributed by atoms with Gasteiger partial charge in [0.05, 0.1) is 12.0 Å². The normalized spacial score (nSPS) is 21.4. The molecule has 1 saturated carbocycles. The number of anilines is 2. The third kappa shape index (κ3) is 3.29. The molecule has 2 aromatic rings. The zero-order chi connectivity index (χ0) is 20.2. The summed E-state index contributed by atoms with van der Waals surface area (Å²) in [5.74, 6) is 1.07. The molecule has 1 atom stereocenters. The molecule has 2 N–H and O–H groups in total. The summed E-state index contributed by atoms with van der Waals surface area (Å²) in [7, 11) is 0. The lowest BCUT2D eigenvalue weighted by Gasteiger charge is -2.27. The number of hydrogen-bond acceptors (Lipinski definition) is 3. The minimum absolute atomic E-state index is 0.103. The van der Waals surface area contributed by atoms with Crippen LogP contribution in [0.15, 0.2) is 36.4 Å². The van der Waals surface area contributed by atoms with Crippen LogP contribution in [0.2, 0.25) is 0 Å². The second-order valence-corrected chi connectivity index (χ2v) is 9.95.